The fraction of sp³-hybridized carbons (Fsp3) is 0.417. The lowest BCUT2D eigenvalue weighted by Gasteiger charge is -2.09. The molecule has 1 aromatic carbocycles. The van der Waals surface area contributed by atoms with Gasteiger partial charge >= 0.3 is 5.97 Å². The molecule has 0 radical (unpaired) electrons. The monoisotopic (exact) mass is 302 g/mol. The van der Waals surface area contributed by atoms with Crippen molar-refractivity contribution < 1.29 is 19.4 Å². The summed E-state index contributed by atoms with van der Waals surface area (Å²) in [7, 11) is 1.65. The molecule has 17 heavy (non-hydrogen) atoms. The average Bonchev–Trinajstić information content (AvgIpc) is 2.30. The predicted octanol–water partition coefficient (Wildman–Crippen LogP) is 2.95. The summed E-state index contributed by atoms with van der Waals surface area (Å²) in [5, 5.41) is 9.01. The van der Waals surface area contributed by atoms with Crippen LogP contribution in [0.1, 0.15) is 23.2 Å². The van der Waals surface area contributed by atoms with Crippen LogP contribution in [0.5, 0.6) is 5.75 Å². The molecule has 1 rings (SSSR count). The van der Waals surface area contributed by atoms with Crippen LogP contribution in [0.3, 0.4) is 0 Å². The van der Waals surface area contributed by atoms with Gasteiger partial charge in [0.2, 0.25) is 0 Å². The van der Waals surface area contributed by atoms with E-state index in [1.807, 2.05) is 0 Å². The minimum absolute atomic E-state index is 0.172. The van der Waals surface area contributed by atoms with Gasteiger partial charge in [-0.2, -0.15) is 0 Å². The van der Waals surface area contributed by atoms with Gasteiger partial charge in [-0.1, -0.05) is 15.9 Å². The summed E-state index contributed by atoms with van der Waals surface area (Å²) in [5.74, 6) is -0.587. The van der Waals surface area contributed by atoms with E-state index in [9.17, 15) is 4.79 Å². The highest BCUT2D eigenvalue weighted by Gasteiger charge is 2.11. The first kappa shape index (κ1) is 14.0. The number of halogens is 1. The summed E-state index contributed by atoms with van der Waals surface area (Å²) in [4.78, 5) is 11.0. The summed E-state index contributed by atoms with van der Waals surface area (Å²) in [6.07, 6.45) is 1.73. The Morgan fingerprint density at radius 1 is 1.35 bits per heavy atom. The fourth-order valence-corrected chi connectivity index (χ4v) is 1.69. The van der Waals surface area contributed by atoms with E-state index in [4.69, 9.17) is 14.6 Å². The Hall–Kier alpha value is -1.07. The van der Waals surface area contributed by atoms with Crippen molar-refractivity contribution in [1.82, 2.24) is 0 Å². The molecule has 0 unspecified atom stereocenters. The number of carboxylic acid groups (broad SMARTS) is 1. The maximum atomic E-state index is 11.0. The van der Waals surface area contributed by atoms with Gasteiger partial charge in [-0.3, -0.25) is 0 Å². The van der Waals surface area contributed by atoms with E-state index in [2.05, 4.69) is 15.9 Å². The number of carboxylic acids is 1. The number of rotatable bonds is 7. The molecule has 0 amide bonds. The van der Waals surface area contributed by atoms with E-state index in [1.165, 1.54) is 6.07 Å². The number of methoxy groups -OCH3 is 1. The molecule has 0 saturated carbocycles. The van der Waals surface area contributed by atoms with Crippen LogP contribution in [-0.2, 0) is 4.74 Å². The first-order valence-corrected chi connectivity index (χ1v) is 6.09. The number of aromatic carboxylic acids is 1. The molecular weight excluding hydrogens is 288 g/mol. The molecule has 0 aliphatic heterocycles. The van der Waals surface area contributed by atoms with Crippen LogP contribution < -0.4 is 4.74 Å². The number of unbranched alkanes of at least 4 members (excludes halogenated alkanes) is 1. The SMILES string of the molecule is COCCCCOc1ccc(Br)cc1C(=O)O. The maximum Gasteiger partial charge on any atom is 0.339 e. The van der Waals surface area contributed by atoms with E-state index in [-0.39, 0.29) is 5.56 Å². The van der Waals surface area contributed by atoms with Gasteiger partial charge in [-0.15, -0.1) is 0 Å². The third-order valence-electron chi connectivity index (χ3n) is 2.17. The van der Waals surface area contributed by atoms with Crippen molar-refractivity contribution in [2.75, 3.05) is 20.3 Å². The van der Waals surface area contributed by atoms with E-state index in [0.29, 0.717) is 19.0 Å². The Kier molecular flexibility index (Phi) is 6.00. The molecule has 4 nitrogen and oxygen atoms in total. The lowest BCUT2D eigenvalue weighted by Crippen LogP contribution is -2.05. The molecule has 1 aromatic rings. The third-order valence-corrected chi connectivity index (χ3v) is 2.67. The zero-order valence-corrected chi connectivity index (χ0v) is 11.2. The lowest BCUT2D eigenvalue weighted by atomic mass is 10.2. The van der Waals surface area contributed by atoms with E-state index >= 15 is 0 Å². The highest BCUT2D eigenvalue weighted by molar-refractivity contribution is 9.10. The topological polar surface area (TPSA) is 55.8 Å². The summed E-state index contributed by atoms with van der Waals surface area (Å²) < 4.78 is 11.1. The minimum atomic E-state index is -0.988. The number of carbonyl (C=O) groups is 1. The zero-order chi connectivity index (χ0) is 12.7. The highest BCUT2D eigenvalue weighted by Crippen LogP contribution is 2.23. The molecule has 0 saturated heterocycles. The van der Waals surface area contributed by atoms with E-state index in [1.54, 1.807) is 19.2 Å². The highest BCUT2D eigenvalue weighted by atomic mass is 79.9. The van der Waals surface area contributed by atoms with Crippen molar-refractivity contribution in [1.29, 1.82) is 0 Å². The summed E-state index contributed by atoms with van der Waals surface area (Å²) >= 11 is 3.23. The quantitative estimate of drug-likeness (QED) is 0.787. The summed E-state index contributed by atoms with van der Waals surface area (Å²) in [5.41, 5.74) is 0.172. The third kappa shape index (κ3) is 4.75. The maximum absolute atomic E-state index is 11.0. The van der Waals surface area contributed by atoms with Gasteiger partial charge in [-0.05, 0) is 31.0 Å². The summed E-state index contributed by atoms with van der Waals surface area (Å²) in [6, 6.07) is 4.95. The van der Waals surface area contributed by atoms with Crippen molar-refractivity contribution in [3.63, 3.8) is 0 Å². The Morgan fingerprint density at radius 3 is 2.71 bits per heavy atom. The van der Waals surface area contributed by atoms with Crippen molar-refractivity contribution >= 4 is 21.9 Å². The van der Waals surface area contributed by atoms with Gasteiger partial charge < -0.3 is 14.6 Å². The first-order valence-electron chi connectivity index (χ1n) is 5.29. The van der Waals surface area contributed by atoms with E-state index < -0.39 is 5.97 Å². The van der Waals surface area contributed by atoms with E-state index in [0.717, 1.165) is 17.3 Å². The Labute approximate surface area is 109 Å². The molecule has 0 aliphatic rings. The van der Waals surface area contributed by atoms with Crippen molar-refractivity contribution in [2.24, 2.45) is 0 Å². The van der Waals surface area contributed by atoms with Gasteiger partial charge in [0, 0.05) is 18.2 Å². The van der Waals surface area contributed by atoms with Gasteiger partial charge in [-0.25, -0.2) is 4.79 Å². The lowest BCUT2D eigenvalue weighted by molar-refractivity contribution is 0.0692. The molecule has 5 heteroatoms. The fourth-order valence-electron chi connectivity index (χ4n) is 1.33. The average molecular weight is 303 g/mol. The van der Waals surface area contributed by atoms with Crippen LogP contribution in [-0.4, -0.2) is 31.4 Å². The van der Waals surface area contributed by atoms with Crippen LogP contribution >= 0.6 is 15.9 Å². The molecule has 0 atom stereocenters. The van der Waals surface area contributed by atoms with Crippen molar-refractivity contribution in [3.05, 3.63) is 28.2 Å². The molecule has 0 heterocycles. The Bertz CT molecular complexity index is 379. The van der Waals surface area contributed by atoms with Crippen molar-refractivity contribution in [3.8, 4) is 5.75 Å². The van der Waals surface area contributed by atoms with Crippen LogP contribution in [0.2, 0.25) is 0 Å². The molecule has 0 spiro atoms. The molecule has 94 valence electrons. The summed E-state index contributed by atoms with van der Waals surface area (Å²) in [6.45, 7) is 1.18. The molecule has 0 aliphatic carbocycles. The second-order valence-electron chi connectivity index (χ2n) is 3.49. The van der Waals surface area contributed by atoms with Gasteiger partial charge in [0.05, 0.1) is 6.61 Å². The number of hydrogen-bond donors (Lipinski definition) is 1. The second-order valence-corrected chi connectivity index (χ2v) is 4.41. The molecule has 0 aromatic heterocycles. The van der Waals surface area contributed by atoms with Gasteiger partial charge in [0.25, 0.3) is 0 Å². The first-order chi connectivity index (χ1) is 8.15. The molecular formula is C12H15BrO4. The number of benzene rings is 1. The number of ether oxygens (including phenoxy) is 2. The van der Waals surface area contributed by atoms with Crippen molar-refractivity contribution in [2.45, 2.75) is 12.8 Å². The normalized spacial score (nSPS) is 10.2. The van der Waals surface area contributed by atoms with Gasteiger partial charge in [0.15, 0.2) is 0 Å². The largest absolute Gasteiger partial charge is 0.493 e. The van der Waals surface area contributed by atoms with Crippen LogP contribution in [0, 0.1) is 0 Å². The molecule has 0 bridgehead atoms. The van der Waals surface area contributed by atoms with Crippen LogP contribution in [0.15, 0.2) is 22.7 Å². The Morgan fingerprint density at radius 2 is 2.06 bits per heavy atom. The standard InChI is InChI=1S/C12H15BrO4/c1-16-6-2-3-7-17-11-5-4-9(13)8-10(11)12(14)15/h4-5,8H,2-3,6-7H2,1H3,(H,14,15). The predicted molar refractivity (Wildman–Crippen MR) is 67.7 cm³/mol. The van der Waals surface area contributed by atoms with Gasteiger partial charge in [0.1, 0.15) is 11.3 Å². The molecule has 1 N–H and O–H groups in total. The number of hydrogen-bond acceptors (Lipinski definition) is 3. The zero-order valence-electron chi connectivity index (χ0n) is 9.61. The van der Waals surface area contributed by atoms with Crippen LogP contribution in [0.25, 0.3) is 0 Å². The van der Waals surface area contributed by atoms with Crippen LogP contribution in [0.4, 0.5) is 0 Å². The minimum Gasteiger partial charge on any atom is -0.493 e. The smallest absolute Gasteiger partial charge is 0.339 e. The molecule has 0 fully saturated rings. The Balaban J connectivity index is 2.55. The second kappa shape index (κ2) is 7.29.